The summed E-state index contributed by atoms with van der Waals surface area (Å²) in [5.74, 6) is 4.24. The Labute approximate surface area is 308 Å². The normalized spacial score (nSPS) is 13.2. The summed E-state index contributed by atoms with van der Waals surface area (Å²) in [5, 5.41) is 0. The van der Waals surface area contributed by atoms with E-state index in [4.69, 9.17) is 24.4 Å². The Hall–Kier alpha value is -6.85. The van der Waals surface area contributed by atoms with E-state index in [2.05, 4.69) is 141 Å². The molecule has 252 valence electrons. The molecule has 0 bridgehead atoms. The summed E-state index contributed by atoms with van der Waals surface area (Å²) >= 11 is 0. The smallest absolute Gasteiger partial charge is 0.181 e. The molecule has 0 atom stereocenters. The molecule has 0 radical (unpaired) electrons. The number of fused-ring (bicyclic) bond motifs is 6. The largest absolute Gasteiger partial charge is 0.449 e. The SMILES string of the molecule is CC1(C)c2ccccc2-c2c1ccc1c2Oc2cccc(-c3nc(-c4ccc(-c5ccccc5)cc4)nc(-c4ccc(-c5ccccc5)cc4)n3)c2O1. The van der Waals surface area contributed by atoms with Crippen LogP contribution in [-0.2, 0) is 5.41 Å². The molecule has 53 heavy (non-hydrogen) atoms. The molecular weight excluding hydrogens is 651 g/mol. The van der Waals surface area contributed by atoms with Crippen molar-refractivity contribution in [2.24, 2.45) is 0 Å². The van der Waals surface area contributed by atoms with E-state index < -0.39 is 0 Å². The van der Waals surface area contributed by atoms with Crippen LogP contribution in [0.2, 0.25) is 0 Å². The Morgan fingerprint density at radius 2 is 0.830 bits per heavy atom. The minimum Gasteiger partial charge on any atom is -0.449 e. The maximum atomic E-state index is 6.78. The van der Waals surface area contributed by atoms with Gasteiger partial charge in [-0.2, -0.15) is 0 Å². The molecule has 0 saturated heterocycles. The quantitative estimate of drug-likeness (QED) is 0.181. The van der Waals surface area contributed by atoms with Gasteiger partial charge in [-0.15, -0.1) is 0 Å². The van der Waals surface area contributed by atoms with Gasteiger partial charge in [-0.1, -0.05) is 159 Å². The maximum Gasteiger partial charge on any atom is 0.181 e. The lowest BCUT2D eigenvalue weighted by Gasteiger charge is -2.26. The number of hydrogen-bond donors (Lipinski definition) is 0. The van der Waals surface area contributed by atoms with Crippen LogP contribution in [-0.4, -0.2) is 15.0 Å². The number of rotatable bonds is 5. The van der Waals surface area contributed by atoms with Crippen LogP contribution in [0.4, 0.5) is 0 Å². The molecule has 0 fully saturated rings. The first-order valence-corrected chi connectivity index (χ1v) is 17.9. The fraction of sp³-hybridized carbons (Fsp3) is 0.0625. The second-order valence-corrected chi connectivity index (χ2v) is 14.0. The molecule has 0 unspecified atom stereocenters. The van der Waals surface area contributed by atoms with Gasteiger partial charge < -0.3 is 9.47 Å². The molecule has 5 heteroatoms. The Morgan fingerprint density at radius 3 is 1.45 bits per heavy atom. The van der Waals surface area contributed by atoms with Crippen LogP contribution >= 0.6 is 0 Å². The van der Waals surface area contributed by atoms with Crippen LogP contribution in [0.3, 0.4) is 0 Å². The van der Waals surface area contributed by atoms with Crippen molar-refractivity contribution in [1.82, 2.24) is 15.0 Å². The van der Waals surface area contributed by atoms with Crippen LogP contribution < -0.4 is 9.47 Å². The van der Waals surface area contributed by atoms with Gasteiger partial charge in [0.15, 0.2) is 40.5 Å². The molecule has 1 aliphatic carbocycles. The second-order valence-electron chi connectivity index (χ2n) is 14.0. The van der Waals surface area contributed by atoms with Crippen LogP contribution in [0.15, 0.2) is 164 Å². The summed E-state index contributed by atoms with van der Waals surface area (Å²) in [6.07, 6.45) is 0. The molecule has 0 spiro atoms. The zero-order valence-electron chi connectivity index (χ0n) is 29.2. The average molecular weight is 684 g/mol. The first kappa shape index (κ1) is 30.9. The Morgan fingerprint density at radius 1 is 0.358 bits per heavy atom. The van der Waals surface area contributed by atoms with Crippen molar-refractivity contribution in [3.8, 4) is 90.5 Å². The van der Waals surface area contributed by atoms with E-state index in [9.17, 15) is 0 Å². The second kappa shape index (κ2) is 12.1. The minimum absolute atomic E-state index is 0.150. The number of hydrogen-bond acceptors (Lipinski definition) is 5. The van der Waals surface area contributed by atoms with E-state index in [0.717, 1.165) is 50.3 Å². The summed E-state index contributed by atoms with van der Waals surface area (Å²) in [7, 11) is 0. The van der Waals surface area contributed by atoms with E-state index in [1.807, 2.05) is 36.4 Å². The van der Waals surface area contributed by atoms with E-state index >= 15 is 0 Å². The molecule has 8 aromatic rings. The lowest BCUT2D eigenvalue weighted by atomic mass is 9.82. The Bertz CT molecular complexity index is 2570. The molecule has 0 amide bonds. The highest BCUT2D eigenvalue weighted by molar-refractivity contribution is 5.88. The number of nitrogens with zero attached hydrogens (tertiary/aromatic N) is 3. The van der Waals surface area contributed by atoms with Crippen LogP contribution in [0.1, 0.15) is 25.0 Å². The molecule has 2 heterocycles. The zero-order valence-corrected chi connectivity index (χ0v) is 29.2. The van der Waals surface area contributed by atoms with Gasteiger partial charge in [0.05, 0.1) is 5.56 Å². The number of para-hydroxylation sites is 1. The lowest BCUT2D eigenvalue weighted by molar-refractivity contribution is 0.361. The van der Waals surface area contributed by atoms with E-state index in [1.165, 1.54) is 16.7 Å². The number of ether oxygens (including phenoxy) is 2. The van der Waals surface area contributed by atoms with Crippen LogP contribution in [0.25, 0.3) is 67.5 Å². The predicted octanol–water partition coefficient (Wildman–Crippen LogP) is 12.4. The monoisotopic (exact) mass is 683 g/mol. The van der Waals surface area contributed by atoms with Gasteiger partial charge in [0.25, 0.3) is 0 Å². The molecule has 5 nitrogen and oxygen atoms in total. The molecule has 0 N–H and O–H groups in total. The van der Waals surface area contributed by atoms with Gasteiger partial charge in [0.2, 0.25) is 0 Å². The first-order chi connectivity index (χ1) is 26.0. The van der Waals surface area contributed by atoms with Gasteiger partial charge in [-0.05, 0) is 57.1 Å². The fourth-order valence-electron chi connectivity index (χ4n) is 7.66. The predicted molar refractivity (Wildman–Crippen MR) is 211 cm³/mol. The summed E-state index contributed by atoms with van der Waals surface area (Å²) in [5.41, 5.74) is 11.7. The highest BCUT2D eigenvalue weighted by Gasteiger charge is 2.40. The van der Waals surface area contributed by atoms with Crippen molar-refractivity contribution in [1.29, 1.82) is 0 Å². The Kier molecular flexibility index (Phi) is 7.08. The van der Waals surface area contributed by atoms with Gasteiger partial charge in [0.1, 0.15) is 0 Å². The van der Waals surface area contributed by atoms with Crippen molar-refractivity contribution in [2.45, 2.75) is 19.3 Å². The standard InChI is InChI=1S/C48H33N3O2/c1-48(2)38-18-10-9-16-36(38)42-39(48)28-29-41-44(42)53-40-19-11-17-37(43(40)52-41)47-50-45(34-24-20-32(21-25-34)30-12-5-3-6-13-30)49-46(51-47)35-26-22-33(23-27-35)31-14-7-4-8-15-31/h3-29H,1-2H3. The summed E-state index contributed by atoms with van der Waals surface area (Å²) in [6.45, 7) is 4.53. The van der Waals surface area contributed by atoms with Crippen molar-refractivity contribution in [3.05, 3.63) is 175 Å². The maximum absolute atomic E-state index is 6.78. The minimum atomic E-state index is -0.150. The summed E-state index contributed by atoms with van der Waals surface area (Å²) in [4.78, 5) is 15.2. The number of benzene rings is 7. The van der Waals surface area contributed by atoms with Crippen molar-refractivity contribution < 1.29 is 9.47 Å². The van der Waals surface area contributed by atoms with Gasteiger partial charge in [-0.3, -0.25) is 0 Å². The van der Waals surface area contributed by atoms with Crippen LogP contribution in [0.5, 0.6) is 23.0 Å². The van der Waals surface area contributed by atoms with E-state index in [0.29, 0.717) is 34.7 Å². The van der Waals surface area contributed by atoms with Crippen molar-refractivity contribution >= 4 is 0 Å². The molecule has 0 saturated carbocycles. The fourth-order valence-corrected chi connectivity index (χ4v) is 7.66. The van der Waals surface area contributed by atoms with Crippen LogP contribution in [0, 0.1) is 0 Å². The third-order valence-corrected chi connectivity index (χ3v) is 10.4. The van der Waals surface area contributed by atoms with E-state index in [1.54, 1.807) is 0 Å². The van der Waals surface area contributed by atoms with E-state index in [-0.39, 0.29) is 5.41 Å². The van der Waals surface area contributed by atoms with Gasteiger partial charge in [-0.25, -0.2) is 15.0 Å². The molecule has 7 aromatic carbocycles. The highest BCUT2D eigenvalue weighted by atomic mass is 16.6. The van der Waals surface area contributed by atoms with Gasteiger partial charge >= 0.3 is 0 Å². The van der Waals surface area contributed by atoms with Gasteiger partial charge in [0, 0.05) is 22.1 Å². The average Bonchev–Trinajstić information content (AvgIpc) is 3.46. The molecule has 1 aromatic heterocycles. The molecular formula is C48H33N3O2. The molecule has 10 rings (SSSR count). The number of aromatic nitrogens is 3. The molecule has 2 aliphatic rings. The van der Waals surface area contributed by atoms with Crippen molar-refractivity contribution in [3.63, 3.8) is 0 Å². The first-order valence-electron chi connectivity index (χ1n) is 17.9. The summed E-state index contributed by atoms with van der Waals surface area (Å²) in [6, 6.07) is 56.1. The lowest BCUT2D eigenvalue weighted by Crippen LogP contribution is -2.15. The topological polar surface area (TPSA) is 57.1 Å². The third-order valence-electron chi connectivity index (χ3n) is 10.4. The Balaban J connectivity index is 1.08. The highest BCUT2D eigenvalue weighted by Crippen LogP contribution is 2.59. The third kappa shape index (κ3) is 5.20. The molecule has 1 aliphatic heterocycles. The zero-order chi connectivity index (χ0) is 35.5. The van der Waals surface area contributed by atoms with Crippen molar-refractivity contribution in [2.75, 3.05) is 0 Å². The summed E-state index contributed by atoms with van der Waals surface area (Å²) < 4.78 is 13.5.